The number of Topliss-reactive ketones (excluding diaryl/α,β-unsaturated/α-hetero) is 1. The van der Waals surface area contributed by atoms with Gasteiger partial charge >= 0.3 is 0 Å². The predicted molar refractivity (Wildman–Crippen MR) is 151 cm³/mol. The number of ether oxygens (including phenoxy) is 2. The number of nitrogens with zero attached hydrogens (tertiary/aromatic N) is 3. The number of carbonyl (C=O) groups is 2. The number of nitro groups is 1. The maximum atomic E-state index is 13.3. The molecule has 2 fully saturated rings. The standard InChI is InChI=1S/C31H31N3O7/c1-21-3-2-4-22(19-21)20-41-26-11-7-24(8-12-26)29(35)27-28(23-5-9-25(10-6-23)34(38)39)33(31(37)30(27)36)14-13-32-15-17-40-18-16-32/h2-12,19,28,35H,13-18,20H2,1H3. The molecule has 0 radical (unpaired) electrons. The number of rotatable bonds is 9. The van der Waals surface area contributed by atoms with Crippen LogP contribution in [0.2, 0.25) is 0 Å². The molecule has 1 amide bonds. The van der Waals surface area contributed by atoms with E-state index in [4.69, 9.17) is 9.47 Å². The third kappa shape index (κ3) is 6.29. The first-order valence-electron chi connectivity index (χ1n) is 13.4. The zero-order chi connectivity index (χ0) is 28.9. The zero-order valence-corrected chi connectivity index (χ0v) is 22.7. The lowest BCUT2D eigenvalue weighted by Crippen LogP contribution is -2.42. The summed E-state index contributed by atoms with van der Waals surface area (Å²) >= 11 is 0. The molecule has 2 saturated heterocycles. The van der Waals surface area contributed by atoms with Crippen LogP contribution in [0, 0.1) is 17.0 Å². The van der Waals surface area contributed by atoms with Gasteiger partial charge in [-0.25, -0.2) is 0 Å². The first kappa shape index (κ1) is 28.0. The van der Waals surface area contributed by atoms with Crippen LogP contribution >= 0.6 is 0 Å². The van der Waals surface area contributed by atoms with Gasteiger partial charge in [-0.3, -0.25) is 24.6 Å². The Bertz CT molecular complexity index is 1460. The predicted octanol–water partition coefficient (Wildman–Crippen LogP) is 4.24. The number of hydrogen-bond donors (Lipinski definition) is 1. The summed E-state index contributed by atoms with van der Waals surface area (Å²) in [6.07, 6.45) is 0. The first-order valence-corrected chi connectivity index (χ1v) is 13.4. The zero-order valence-electron chi connectivity index (χ0n) is 22.7. The van der Waals surface area contributed by atoms with Gasteiger partial charge in [-0.2, -0.15) is 0 Å². The van der Waals surface area contributed by atoms with E-state index in [2.05, 4.69) is 4.90 Å². The lowest BCUT2D eigenvalue weighted by atomic mass is 9.95. The van der Waals surface area contributed by atoms with E-state index in [9.17, 15) is 24.8 Å². The van der Waals surface area contributed by atoms with Gasteiger partial charge in [0.15, 0.2) is 0 Å². The maximum Gasteiger partial charge on any atom is 0.295 e. The summed E-state index contributed by atoms with van der Waals surface area (Å²) in [5.41, 5.74) is 2.84. The van der Waals surface area contributed by atoms with Gasteiger partial charge in [-0.1, -0.05) is 29.8 Å². The molecule has 1 unspecified atom stereocenters. The summed E-state index contributed by atoms with van der Waals surface area (Å²) in [5, 5.41) is 22.6. The Balaban J connectivity index is 1.43. The fraction of sp³-hybridized carbons (Fsp3) is 0.290. The van der Waals surface area contributed by atoms with Crippen LogP contribution in [0.15, 0.2) is 78.4 Å². The van der Waals surface area contributed by atoms with E-state index in [-0.39, 0.29) is 23.6 Å². The fourth-order valence-electron chi connectivity index (χ4n) is 5.14. The average Bonchev–Trinajstić information content (AvgIpc) is 3.24. The van der Waals surface area contributed by atoms with Crippen molar-refractivity contribution in [3.05, 3.63) is 111 Å². The highest BCUT2D eigenvalue weighted by Crippen LogP contribution is 2.40. The molecule has 2 aliphatic rings. The number of morpholine rings is 1. The molecular formula is C31H31N3O7. The largest absolute Gasteiger partial charge is 0.507 e. The summed E-state index contributed by atoms with van der Waals surface area (Å²) in [6, 6.07) is 19.5. The van der Waals surface area contributed by atoms with Gasteiger partial charge in [0.25, 0.3) is 17.4 Å². The van der Waals surface area contributed by atoms with Crippen LogP contribution < -0.4 is 4.74 Å². The number of aliphatic hydroxyl groups is 1. The molecule has 2 heterocycles. The van der Waals surface area contributed by atoms with Gasteiger partial charge in [0.2, 0.25) is 0 Å². The van der Waals surface area contributed by atoms with Crippen LogP contribution in [0.5, 0.6) is 5.75 Å². The van der Waals surface area contributed by atoms with Crippen LogP contribution in [-0.2, 0) is 20.9 Å². The molecule has 10 heteroatoms. The number of ketones is 1. The average molecular weight is 558 g/mol. The second-order valence-corrected chi connectivity index (χ2v) is 10.1. The highest BCUT2D eigenvalue weighted by Gasteiger charge is 2.46. The maximum absolute atomic E-state index is 13.3. The van der Waals surface area contributed by atoms with Gasteiger partial charge in [-0.15, -0.1) is 0 Å². The smallest absolute Gasteiger partial charge is 0.295 e. The van der Waals surface area contributed by atoms with E-state index in [1.54, 1.807) is 24.3 Å². The van der Waals surface area contributed by atoms with Crippen LogP contribution in [-0.4, -0.2) is 70.9 Å². The van der Waals surface area contributed by atoms with Crippen molar-refractivity contribution in [2.75, 3.05) is 39.4 Å². The molecule has 0 aromatic heterocycles. The molecule has 0 aliphatic carbocycles. The topological polar surface area (TPSA) is 122 Å². The number of benzene rings is 3. The molecule has 10 nitrogen and oxygen atoms in total. The van der Waals surface area contributed by atoms with Crippen molar-refractivity contribution in [2.24, 2.45) is 0 Å². The molecule has 0 spiro atoms. The van der Waals surface area contributed by atoms with Crippen molar-refractivity contribution < 1.29 is 29.1 Å². The number of hydrogen-bond acceptors (Lipinski definition) is 8. The summed E-state index contributed by atoms with van der Waals surface area (Å²) in [4.78, 5) is 40.8. The molecule has 3 aromatic carbocycles. The normalized spacial score (nSPS) is 19.0. The number of aryl methyl sites for hydroxylation is 1. The second kappa shape index (κ2) is 12.3. The molecule has 0 bridgehead atoms. The third-order valence-corrected chi connectivity index (χ3v) is 7.34. The minimum absolute atomic E-state index is 0.0562. The third-order valence-electron chi connectivity index (χ3n) is 7.34. The van der Waals surface area contributed by atoms with Crippen LogP contribution in [0.25, 0.3) is 5.76 Å². The molecule has 5 rings (SSSR count). The summed E-state index contributed by atoms with van der Waals surface area (Å²) in [5.74, 6) is -1.25. The van der Waals surface area contributed by atoms with Crippen LogP contribution in [0.4, 0.5) is 5.69 Å². The van der Waals surface area contributed by atoms with Gasteiger partial charge < -0.3 is 19.5 Å². The van der Waals surface area contributed by atoms with Gasteiger partial charge in [0.05, 0.1) is 29.8 Å². The van der Waals surface area contributed by atoms with E-state index in [0.29, 0.717) is 56.3 Å². The number of nitro benzene ring substituents is 1. The Kier molecular flexibility index (Phi) is 8.42. The van der Waals surface area contributed by atoms with Crippen molar-refractivity contribution >= 4 is 23.1 Å². The number of likely N-dealkylation sites (tertiary alicyclic amines) is 1. The molecule has 212 valence electrons. The number of carbonyl (C=O) groups excluding carboxylic acids is 2. The molecule has 1 N–H and O–H groups in total. The Hall–Kier alpha value is -4.54. The quantitative estimate of drug-likeness (QED) is 0.136. The van der Waals surface area contributed by atoms with Crippen molar-refractivity contribution in [2.45, 2.75) is 19.6 Å². The minimum Gasteiger partial charge on any atom is -0.507 e. The lowest BCUT2D eigenvalue weighted by Gasteiger charge is -2.31. The molecule has 3 aromatic rings. The number of non-ortho nitro benzene ring substituents is 1. The minimum atomic E-state index is -0.894. The van der Waals surface area contributed by atoms with E-state index >= 15 is 0 Å². The summed E-state index contributed by atoms with van der Waals surface area (Å²) in [7, 11) is 0. The van der Waals surface area contributed by atoms with E-state index in [1.807, 2.05) is 31.2 Å². The van der Waals surface area contributed by atoms with E-state index in [0.717, 1.165) is 11.1 Å². The van der Waals surface area contributed by atoms with Gasteiger partial charge in [0, 0.05) is 43.9 Å². The van der Waals surface area contributed by atoms with Crippen LogP contribution in [0.1, 0.15) is 28.3 Å². The summed E-state index contributed by atoms with van der Waals surface area (Å²) in [6.45, 7) is 5.76. The molecule has 0 saturated carbocycles. The van der Waals surface area contributed by atoms with E-state index in [1.165, 1.54) is 29.2 Å². The van der Waals surface area contributed by atoms with Crippen LogP contribution in [0.3, 0.4) is 0 Å². The van der Waals surface area contributed by atoms with Crippen molar-refractivity contribution in [1.82, 2.24) is 9.80 Å². The highest BCUT2D eigenvalue weighted by molar-refractivity contribution is 6.46. The number of amides is 1. The second-order valence-electron chi connectivity index (χ2n) is 10.1. The van der Waals surface area contributed by atoms with Crippen molar-refractivity contribution in [3.63, 3.8) is 0 Å². The molecule has 1 atom stereocenters. The van der Waals surface area contributed by atoms with Gasteiger partial charge in [0.1, 0.15) is 18.1 Å². The first-order chi connectivity index (χ1) is 19.8. The Morgan fingerprint density at radius 2 is 1.73 bits per heavy atom. The Morgan fingerprint density at radius 3 is 2.39 bits per heavy atom. The number of aliphatic hydroxyl groups excluding tert-OH is 1. The van der Waals surface area contributed by atoms with Gasteiger partial charge in [-0.05, 0) is 54.4 Å². The molecule has 2 aliphatic heterocycles. The van der Waals surface area contributed by atoms with Crippen molar-refractivity contribution in [1.29, 1.82) is 0 Å². The highest BCUT2D eigenvalue weighted by atomic mass is 16.6. The Labute approximate surface area is 237 Å². The summed E-state index contributed by atoms with van der Waals surface area (Å²) < 4.78 is 11.3. The SMILES string of the molecule is Cc1cccc(COc2ccc(C(O)=C3C(=O)C(=O)N(CCN4CCOCC4)C3c3ccc([N+](=O)[O-])cc3)cc2)c1. The molecular weight excluding hydrogens is 526 g/mol. The fourth-order valence-corrected chi connectivity index (χ4v) is 5.14. The van der Waals surface area contributed by atoms with E-state index < -0.39 is 22.7 Å². The molecule has 41 heavy (non-hydrogen) atoms. The lowest BCUT2D eigenvalue weighted by molar-refractivity contribution is -0.384. The van der Waals surface area contributed by atoms with Crippen molar-refractivity contribution in [3.8, 4) is 5.75 Å². The monoisotopic (exact) mass is 557 g/mol. The Morgan fingerprint density at radius 1 is 1.02 bits per heavy atom.